The number of nitrogens with one attached hydrogen (secondary N) is 1. The zero-order chi connectivity index (χ0) is 13.8. The summed E-state index contributed by atoms with van der Waals surface area (Å²) in [5.74, 6) is 0.127. The number of benzene rings is 1. The molecule has 0 aromatic heterocycles. The molecule has 1 aromatic rings. The lowest BCUT2D eigenvalue weighted by atomic mass is 9.51. The van der Waals surface area contributed by atoms with Gasteiger partial charge in [-0.1, -0.05) is 35.9 Å². The van der Waals surface area contributed by atoms with Crippen molar-refractivity contribution in [2.45, 2.75) is 24.2 Å². The lowest BCUT2D eigenvalue weighted by molar-refractivity contribution is -0.120. The maximum atomic E-state index is 11.4. The van der Waals surface area contributed by atoms with Gasteiger partial charge in [-0.25, -0.2) is 0 Å². The van der Waals surface area contributed by atoms with Gasteiger partial charge in [-0.05, 0) is 5.82 Å². The minimum Gasteiger partial charge on any atom is -0.389 e. The lowest BCUT2D eigenvalue weighted by Gasteiger charge is -2.41. The van der Waals surface area contributed by atoms with Crippen molar-refractivity contribution in [2.24, 2.45) is 0 Å². The maximum Gasteiger partial charge on any atom is 0.216 e. The highest BCUT2D eigenvalue weighted by atomic mass is 16.5. The van der Waals surface area contributed by atoms with Crippen LogP contribution in [-0.4, -0.2) is 48.0 Å². The first-order valence-electron chi connectivity index (χ1n) is 6.28. The van der Waals surface area contributed by atoms with Crippen LogP contribution in [0.5, 0.6) is 0 Å². The predicted octanol–water partition coefficient (Wildman–Crippen LogP) is -1.57. The van der Waals surface area contributed by atoms with Crippen molar-refractivity contribution in [3.05, 3.63) is 35.9 Å². The predicted molar refractivity (Wildman–Crippen MR) is 82.2 cm³/mol. The van der Waals surface area contributed by atoms with Gasteiger partial charge in [-0.15, -0.1) is 0 Å². The molecule has 94 valence electrons. The van der Waals surface area contributed by atoms with Gasteiger partial charge in [0.25, 0.3) is 0 Å². The summed E-state index contributed by atoms with van der Waals surface area (Å²) in [4.78, 5) is 11.4. The first-order chi connectivity index (χ1) is 8.41. The quantitative estimate of drug-likeness (QED) is 0.634. The first-order valence-corrected chi connectivity index (χ1v) is 6.28. The van der Waals surface area contributed by atoms with Crippen LogP contribution < -0.4 is 5.32 Å². The number of hydrogen-bond donors (Lipinski definition) is 1. The summed E-state index contributed by atoms with van der Waals surface area (Å²) in [5.41, 5.74) is 0.764. The molecule has 0 bridgehead atoms. The van der Waals surface area contributed by atoms with Crippen molar-refractivity contribution < 1.29 is 9.53 Å². The van der Waals surface area contributed by atoms with Crippen LogP contribution in [0.2, 0.25) is 0 Å². The molecule has 0 aliphatic rings. The molecule has 3 atom stereocenters. The van der Waals surface area contributed by atoms with Crippen molar-refractivity contribution in [3.8, 4) is 0 Å². The Kier molecular flexibility index (Phi) is 5.08. The molecule has 0 saturated heterocycles. The molecule has 0 spiro atoms. The summed E-state index contributed by atoms with van der Waals surface area (Å²) < 4.78 is 5.44. The average Bonchev–Trinajstić information content (AvgIpc) is 2.36. The first kappa shape index (κ1) is 14.9. The molecule has 1 amide bonds. The highest BCUT2D eigenvalue weighted by molar-refractivity contribution is 6.30. The van der Waals surface area contributed by atoms with E-state index in [1.165, 1.54) is 5.56 Å². The van der Waals surface area contributed by atoms with Crippen molar-refractivity contribution in [1.29, 1.82) is 0 Å². The Balaban J connectivity index is 3.06. The Morgan fingerprint density at radius 2 is 1.89 bits per heavy atom. The van der Waals surface area contributed by atoms with E-state index in [4.69, 9.17) is 4.74 Å². The molecular formula is C12H20B3NO2. The SMILES string of the molecule is BC(OC)C(B)(NC(C)=O)C(B)c1ccccc1. The van der Waals surface area contributed by atoms with Crippen molar-refractivity contribution in [3.63, 3.8) is 0 Å². The fourth-order valence-corrected chi connectivity index (χ4v) is 2.27. The Morgan fingerprint density at radius 1 is 1.33 bits per heavy atom. The van der Waals surface area contributed by atoms with Gasteiger partial charge in [0.15, 0.2) is 0 Å². The van der Waals surface area contributed by atoms with Crippen LogP contribution in [0, 0.1) is 0 Å². The van der Waals surface area contributed by atoms with Crippen LogP contribution in [-0.2, 0) is 9.53 Å². The summed E-state index contributed by atoms with van der Waals surface area (Å²) in [6, 6.07) is 10.1. The number of carbonyl (C=O) groups is 1. The second kappa shape index (κ2) is 6.14. The monoisotopic (exact) mass is 243 g/mol. The van der Waals surface area contributed by atoms with Gasteiger partial charge in [0.2, 0.25) is 5.91 Å². The van der Waals surface area contributed by atoms with E-state index in [-0.39, 0.29) is 17.7 Å². The Hall–Kier alpha value is -1.16. The summed E-state index contributed by atoms with van der Waals surface area (Å²) in [5, 5.41) is 3.04. The molecule has 0 saturated carbocycles. The van der Waals surface area contributed by atoms with Gasteiger partial charge < -0.3 is 10.1 Å². The molecule has 3 unspecified atom stereocenters. The third-order valence-electron chi connectivity index (χ3n) is 3.84. The van der Waals surface area contributed by atoms with E-state index in [9.17, 15) is 4.79 Å². The molecule has 6 heteroatoms. The second-order valence-corrected chi connectivity index (χ2v) is 4.97. The van der Waals surface area contributed by atoms with E-state index in [0.29, 0.717) is 0 Å². The Labute approximate surface area is 112 Å². The van der Waals surface area contributed by atoms with Crippen LogP contribution in [0.4, 0.5) is 0 Å². The normalized spacial score (nSPS) is 17.4. The lowest BCUT2D eigenvalue weighted by Crippen LogP contribution is -2.61. The van der Waals surface area contributed by atoms with Crippen molar-refractivity contribution in [2.75, 3.05) is 7.11 Å². The molecule has 0 aliphatic carbocycles. The summed E-state index contributed by atoms with van der Waals surface area (Å²) in [6.07, 6.45) is 0. The van der Waals surface area contributed by atoms with Crippen LogP contribution in [0.1, 0.15) is 18.3 Å². The highest BCUT2D eigenvalue weighted by Crippen LogP contribution is 2.26. The Bertz CT molecular complexity index is 402. The van der Waals surface area contributed by atoms with Gasteiger partial charge in [-0.2, -0.15) is 0 Å². The average molecular weight is 243 g/mol. The molecular weight excluding hydrogens is 223 g/mol. The zero-order valence-electron chi connectivity index (χ0n) is 11.9. The summed E-state index contributed by atoms with van der Waals surface area (Å²) in [6.45, 7) is 1.54. The molecule has 18 heavy (non-hydrogen) atoms. The van der Waals surface area contributed by atoms with Crippen molar-refractivity contribution >= 4 is 29.4 Å². The van der Waals surface area contributed by atoms with E-state index in [1.54, 1.807) is 14.0 Å². The van der Waals surface area contributed by atoms with E-state index >= 15 is 0 Å². The summed E-state index contributed by atoms with van der Waals surface area (Å²) >= 11 is 0. The fourth-order valence-electron chi connectivity index (χ4n) is 2.27. The third kappa shape index (κ3) is 3.19. The third-order valence-corrected chi connectivity index (χ3v) is 3.84. The molecule has 1 rings (SSSR count). The molecule has 0 radical (unpaired) electrons. The number of carbonyl (C=O) groups excluding carboxylic acids is 1. The van der Waals surface area contributed by atoms with Gasteiger partial charge in [0.05, 0.1) is 0 Å². The van der Waals surface area contributed by atoms with E-state index in [0.717, 1.165) is 0 Å². The minimum absolute atomic E-state index is 0.0378. The highest BCUT2D eigenvalue weighted by Gasteiger charge is 2.37. The molecule has 1 aromatic carbocycles. The number of rotatable bonds is 5. The van der Waals surface area contributed by atoms with Gasteiger partial charge in [0.1, 0.15) is 23.5 Å². The fraction of sp³-hybridized carbons (Fsp3) is 0.417. The smallest absolute Gasteiger partial charge is 0.216 e. The molecule has 0 fully saturated rings. The van der Waals surface area contributed by atoms with Gasteiger partial charge in [0, 0.05) is 25.5 Å². The Morgan fingerprint density at radius 3 is 2.33 bits per heavy atom. The maximum absolute atomic E-state index is 11.4. The molecule has 0 aliphatic heterocycles. The second-order valence-electron chi connectivity index (χ2n) is 4.97. The molecule has 0 heterocycles. The van der Waals surface area contributed by atoms with E-state index < -0.39 is 5.44 Å². The molecule has 3 nitrogen and oxygen atoms in total. The van der Waals surface area contributed by atoms with Crippen LogP contribution in [0.15, 0.2) is 30.3 Å². The topological polar surface area (TPSA) is 38.3 Å². The standard InChI is InChI=1S/C12H20B3NO2/c1-8(17)16-12(15,11(14)18-2)10(13)9-6-4-3-5-7-9/h3-7,10-11H,13-15H2,1-2H3,(H,16,17). The van der Waals surface area contributed by atoms with Crippen LogP contribution >= 0.6 is 0 Å². The largest absolute Gasteiger partial charge is 0.389 e. The molecule has 1 N–H and O–H groups in total. The van der Waals surface area contributed by atoms with Crippen LogP contribution in [0.25, 0.3) is 0 Å². The minimum atomic E-state index is -0.429. The van der Waals surface area contributed by atoms with Crippen LogP contribution in [0.3, 0.4) is 0 Å². The van der Waals surface area contributed by atoms with Crippen molar-refractivity contribution in [1.82, 2.24) is 5.32 Å². The number of amides is 1. The van der Waals surface area contributed by atoms with Gasteiger partial charge >= 0.3 is 0 Å². The zero-order valence-corrected chi connectivity index (χ0v) is 11.9. The van der Waals surface area contributed by atoms with E-state index in [2.05, 4.69) is 25.3 Å². The van der Waals surface area contributed by atoms with E-state index in [1.807, 2.05) is 33.9 Å². The number of hydrogen-bond acceptors (Lipinski definition) is 2. The number of ether oxygens (including phenoxy) is 1. The van der Waals surface area contributed by atoms with Gasteiger partial charge in [-0.3, -0.25) is 4.79 Å². The number of methoxy groups -OCH3 is 1. The summed E-state index contributed by atoms with van der Waals surface area (Å²) in [7, 11) is 7.79.